The number of hydrogen-bond acceptors (Lipinski definition) is 5. The van der Waals surface area contributed by atoms with Crippen molar-refractivity contribution in [1.82, 2.24) is 10.3 Å². The topological polar surface area (TPSA) is 104 Å². The van der Waals surface area contributed by atoms with Crippen molar-refractivity contribution in [2.75, 3.05) is 11.9 Å². The van der Waals surface area contributed by atoms with Crippen LogP contribution in [0.4, 0.5) is 5.69 Å². The van der Waals surface area contributed by atoms with Gasteiger partial charge < -0.3 is 20.2 Å². The molecule has 1 atom stereocenters. The molecule has 0 fully saturated rings. The maximum Gasteiger partial charge on any atom is 0.313 e. The van der Waals surface area contributed by atoms with E-state index in [-0.39, 0.29) is 6.54 Å². The van der Waals surface area contributed by atoms with E-state index in [1.54, 1.807) is 24.4 Å². The van der Waals surface area contributed by atoms with Crippen LogP contribution in [0, 0.1) is 0 Å². The summed E-state index contributed by atoms with van der Waals surface area (Å²) < 4.78 is 4.81. The zero-order chi connectivity index (χ0) is 14.4. The average molecular weight is 275 g/mol. The Labute approximate surface area is 114 Å². The molecule has 0 spiro atoms. The van der Waals surface area contributed by atoms with Gasteiger partial charge in [0.15, 0.2) is 0 Å². The summed E-state index contributed by atoms with van der Waals surface area (Å²) in [5, 5.41) is 14.4. The summed E-state index contributed by atoms with van der Waals surface area (Å²) in [4.78, 5) is 26.9. The summed E-state index contributed by atoms with van der Waals surface area (Å²) in [5.74, 6) is -1.66. The second kappa shape index (κ2) is 6.48. The van der Waals surface area contributed by atoms with Crippen LogP contribution < -0.4 is 10.6 Å². The van der Waals surface area contributed by atoms with Gasteiger partial charge in [0.25, 0.3) is 0 Å². The molecule has 7 heteroatoms. The second-order valence-corrected chi connectivity index (χ2v) is 3.98. The molecule has 0 aliphatic heterocycles. The van der Waals surface area contributed by atoms with Crippen molar-refractivity contribution in [2.24, 2.45) is 0 Å². The summed E-state index contributed by atoms with van der Waals surface area (Å²) in [6.45, 7) is -0.0845. The Morgan fingerprint density at radius 1 is 1.35 bits per heavy atom. The van der Waals surface area contributed by atoms with E-state index in [0.717, 1.165) is 0 Å². The van der Waals surface area contributed by atoms with Gasteiger partial charge in [0, 0.05) is 18.3 Å². The highest BCUT2D eigenvalue weighted by Gasteiger charge is 2.16. The lowest BCUT2D eigenvalue weighted by atomic mass is 10.2. The molecule has 104 valence electrons. The summed E-state index contributed by atoms with van der Waals surface area (Å²) >= 11 is 0. The van der Waals surface area contributed by atoms with E-state index >= 15 is 0 Å². The first-order valence-electron chi connectivity index (χ1n) is 5.86. The fourth-order valence-electron chi connectivity index (χ4n) is 1.48. The number of aliphatic hydroxyl groups excluding tert-OH is 1. The van der Waals surface area contributed by atoms with Gasteiger partial charge in [-0.25, -0.2) is 0 Å². The molecule has 20 heavy (non-hydrogen) atoms. The first-order chi connectivity index (χ1) is 9.66. The van der Waals surface area contributed by atoms with E-state index in [9.17, 15) is 14.7 Å². The van der Waals surface area contributed by atoms with Crippen molar-refractivity contribution in [3.8, 4) is 0 Å². The Kier molecular flexibility index (Phi) is 4.46. The third-order valence-electron chi connectivity index (χ3n) is 2.51. The van der Waals surface area contributed by atoms with Gasteiger partial charge in [0.05, 0.1) is 30.5 Å². The lowest BCUT2D eigenvalue weighted by Gasteiger charge is -2.10. The number of aromatic nitrogens is 1. The number of furan rings is 1. The molecule has 2 heterocycles. The molecule has 2 amide bonds. The van der Waals surface area contributed by atoms with E-state index in [1.807, 2.05) is 0 Å². The molecule has 0 aliphatic rings. The number of carbonyl (C=O) groups excluding carboxylic acids is 2. The SMILES string of the molecule is O=C(NCC(O)c1ccoc1)C(=O)Nc1cccnc1. The van der Waals surface area contributed by atoms with Crippen LogP contribution in [0.2, 0.25) is 0 Å². The minimum atomic E-state index is -0.927. The molecule has 2 rings (SSSR count). The first-order valence-corrected chi connectivity index (χ1v) is 5.86. The van der Waals surface area contributed by atoms with Crippen LogP contribution in [0.3, 0.4) is 0 Å². The Morgan fingerprint density at radius 3 is 2.85 bits per heavy atom. The molecular formula is C13H13N3O4. The van der Waals surface area contributed by atoms with Crippen LogP contribution in [-0.2, 0) is 9.59 Å². The maximum absolute atomic E-state index is 11.6. The molecule has 2 aromatic rings. The minimum absolute atomic E-state index is 0.0845. The van der Waals surface area contributed by atoms with Crippen molar-refractivity contribution in [3.63, 3.8) is 0 Å². The Bertz CT molecular complexity index is 569. The number of aliphatic hydroxyl groups is 1. The van der Waals surface area contributed by atoms with Gasteiger partial charge in [0.2, 0.25) is 0 Å². The Hall–Kier alpha value is -2.67. The summed E-state index contributed by atoms with van der Waals surface area (Å²) in [6.07, 6.45) is 4.83. The molecule has 0 saturated carbocycles. The Balaban J connectivity index is 1.81. The predicted octanol–water partition coefficient (Wildman–Crippen LogP) is 0.463. The number of amides is 2. The van der Waals surface area contributed by atoms with E-state index in [1.165, 1.54) is 18.7 Å². The Morgan fingerprint density at radius 2 is 2.20 bits per heavy atom. The second-order valence-electron chi connectivity index (χ2n) is 3.98. The number of nitrogens with one attached hydrogen (secondary N) is 2. The highest BCUT2D eigenvalue weighted by molar-refractivity contribution is 6.39. The van der Waals surface area contributed by atoms with E-state index in [2.05, 4.69) is 15.6 Å². The lowest BCUT2D eigenvalue weighted by Crippen LogP contribution is -2.37. The van der Waals surface area contributed by atoms with Gasteiger partial charge in [0.1, 0.15) is 0 Å². The number of nitrogens with zero attached hydrogens (tertiary/aromatic N) is 1. The van der Waals surface area contributed by atoms with Crippen LogP contribution in [0.1, 0.15) is 11.7 Å². The number of rotatable bonds is 4. The van der Waals surface area contributed by atoms with Gasteiger partial charge in [-0.1, -0.05) is 0 Å². The van der Waals surface area contributed by atoms with Gasteiger partial charge in [-0.15, -0.1) is 0 Å². The smallest absolute Gasteiger partial charge is 0.313 e. The van der Waals surface area contributed by atoms with Crippen LogP contribution >= 0.6 is 0 Å². The molecular weight excluding hydrogens is 262 g/mol. The molecule has 2 aromatic heterocycles. The monoisotopic (exact) mass is 275 g/mol. The van der Waals surface area contributed by atoms with Crippen LogP contribution in [0.5, 0.6) is 0 Å². The van der Waals surface area contributed by atoms with Crippen molar-refractivity contribution < 1.29 is 19.1 Å². The van der Waals surface area contributed by atoms with Crippen LogP contribution in [-0.4, -0.2) is 28.4 Å². The molecule has 0 aliphatic carbocycles. The third kappa shape index (κ3) is 3.66. The fourth-order valence-corrected chi connectivity index (χ4v) is 1.48. The zero-order valence-corrected chi connectivity index (χ0v) is 10.4. The minimum Gasteiger partial charge on any atom is -0.472 e. The average Bonchev–Trinajstić information content (AvgIpc) is 2.99. The van der Waals surface area contributed by atoms with Gasteiger partial charge in [-0.05, 0) is 18.2 Å². The van der Waals surface area contributed by atoms with Crippen molar-refractivity contribution in [3.05, 3.63) is 48.7 Å². The van der Waals surface area contributed by atoms with Crippen molar-refractivity contribution in [1.29, 1.82) is 0 Å². The summed E-state index contributed by atoms with van der Waals surface area (Å²) in [6, 6.07) is 4.82. The molecule has 0 radical (unpaired) electrons. The molecule has 0 saturated heterocycles. The highest BCUT2D eigenvalue weighted by Crippen LogP contribution is 2.11. The van der Waals surface area contributed by atoms with Gasteiger partial charge in [-0.2, -0.15) is 0 Å². The van der Waals surface area contributed by atoms with Crippen LogP contribution in [0.25, 0.3) is 0 Å². The number of anilines is 1. The molecule has 0 aromatic carbocycles. The quantitative estimate of drug-likeness (QED) is 0.703. The molecule has 3 N–H and O–H groups in total. The summed E-state index contributed by atoms with van der Waals surface area (Å²) in [7, 11) is 0. The first kappa shape index (κ1) is 13.8. The number of hydrogen-bond donors (Lipinski definition) is 3. The highest BCUT2D eigenvalue weighted by atomic mass is 16.3. The van der Waals surface area contributed by atoms with Crippen LogP contribution in [0.15, 0.2) is 47.5 Å². The maximum atomic E-state index is 11.6. The summed E-state index contributed by atoms with van der Waals surface area (Å²) in [5.41, 5.74) is 0.945. The normalized spacial score (nSPS) is 11.7. The molecule has 0 bridgehead atoms. The largest absolute Gasteiger partial charge is 0.472 e. The predicted molar refractivity (Wildman–Crippen MR) is 69.5 cm³/mol. The van der Waals surface area contributed by atoms with Gasteiger partial charge >= 0.3 is 11.8 Å². The van der Waals surface area contributed by atoms with E-state index in [4.69, 9.17) is 4.42 Å². The number of carbonyl (C=O) groups is 2. The molecule has 7 nitrogen and oxygen atoms in total. The van der Waals surface area contributed by atoms with Crippen molar-refractivity contribution in [2.45, 2.75) is 6.10 Å². The zero-order valence-electron chi connectivity index (χ0n) is 10.4. The third-order valence-corrected chi connectivity index (χ3v) is 2.51. The standard InChI is InChI=1S/C13H13N3O4/c17-11(9-3-5-20-8-9)7-15-12(18)13(19)16-10-2-1-4-14-6-10/h1-6,8,11,17H,7H2,(H,15,18)(H,16,19). The van der Waals surface area contributed by atoms with E-state index < -0.39 is 17.9 Å². The molecule has 1 unspecified atom stereocenters. The van der Waals surface area contributed by atoms with Crippen molar-refractivity contribution >= 4 is 17.5 Å². The lowest BCUT2D eigenvalue weighted by molar-refractivity contribution is -0.136. The van der Waals surface area contributed by atoms with Gasteiger partial charge in [-0.3, -0.25) is 14.6 Å². The fraction of sp³-hybridized carbons (Fsp3) is 0.154. The van der Waals surface area contributed by atoms with E-state index in [0.29, 0.717) is 11.3 Å². The number of pyridine rings is 1.